The highest BCUT2D eigenvalue weighted by molar-refractivity contribution is 8.34. The van der Waals surface area contributed by atoms with Crippen LogP contribution in [-0.2, 0) is 0 Å². The molecule has 0 aliphatic heterocycles. The van der Waals surface area contributed by atoms with E-state index in [2.05, 4.69) is 33.3 Å². The average Bonchev–Trinajstić information content (AvgIpc) is 2.65. The predicted molar refractivity (Wildman–Crippen MR) is 87.1 cm³/mol. The Morgan fingerprint density at radius 1 is 1.05 bits per heavy atom. The standard InChI is InChI=1S/C18H32S/c1-6-16(2,3)19(4,5)17-9-13-7-14-8-15(11-17)18(14,10-13)12-17/h13-15H,6-12H2,1-5H3. The van der Waals surface area contributed by atoms with Gasteiger partial charge >= 0.3 is 0 Å². The first-order valence-corrected chi connectivity index (χ1v) is 10.9. The normalized spacial score (nSPS) is 52.2. The fourth-order valence-corrected chi connectivity index (χ4v) is 10.6. The molecule has 0 N–H and O–H groups in total. The summed E-state index contributed by atoms with van der Waals surface area (Å²) in [6.07, 6.45) is 16.5. The molecule has 5 unspecified atom stereocenters. The molecule has 0 heterocycles. The zero-order valence-electron chi connectivity index (χ0n) is 13.6. The summed E-state index contributed by atoms with van der Waals surface area (Å²) in [7, 11) is -0.519. The lowest BCUT2D eigenvalue weighted by Gasteiger charge is -2.61. The maximum atomic E-state index is 2.71. The van der Waals surface area contributed by atoms with Crippen LogP contribution in [0.15, 0.2) is 0 Å². The second-order valence-corrected chi connectivity index (χ2v) is 14.0. The number of fused-ring (bicyclic) bond motifs is 2. The van der Waals surface area contributed by atoms with E-state index in [-0.39, 0.29) is 0 Å². The zero-order chi connectivity index (χ0) is 13.7. The van der Waals surface area contributed by atoms with E-state index in [9.17, 15) is 0 Å². The van der Waals surface area contributed by atoms with Gasteiger partial charge in [0.1, 0.15) is 0 Å². The molecule has 0 nitrogen and oxygen atoms in total. The fourth-order valence-electron chi connectivity index (χ4n) is 6.82. The second-order valence-electron chi connectivity index (χ2n) is 9.38. The van der Waals surface area contributed by atoms with Crippen molar-refractivity contribution in [3.8, 4) is 0 Å². The Hall–Kier alpha value is 0.350. The van der Waals surface area contributed by atoms with Gasteiger partial charge in [-0.2, -0.15) is 0 Å². The molecule has 4 aliphatic rings. The van der Waals surface area contributed by atoms with Gasteiger partial charge < -0.3 is 0 Å². The lowest BCUT2D eigenvalue weighted by atomic mass is 9.56. The van der Waals surface area contributed by atoms with Crippen molar-refractivity contribution in [1.29, 1.82) is 0 Å². The molecule has 1 heteroatoms. The summed E-state index contributed by atoms with van der Waals surface area (Å²) in [5.41, 5.74) is 0.872. The predicted octanol–water partition coefficient (Wildman–Crippen LogP) is 5.21. The van der Waals surface area contributed by atoms with Crippen LogP contribution >= 0.6 is 10.0 Å². The minimum absolute atomic E-state index is 0.519. The Morgan fingerprint density at radius 3 is 2.47 bits per heavy atom. The Kier molecular flexibility index (Phi) is 2.33. The molecule has 0 radical (unpaired) electrons. The van der Waals surface area contributed by atoms with Crippen LogP contribution in [0.4, 0.5) is 0 Å². The number of hydrogen-bond donors (Lipinski definition) is 0. The lowest BCUT2D eigenvalue weighted by Crippen LogP contribution is -2.46. The second kappa shape index (κ2) is 3.39. The quantitative estimate of drug-likeness (QED) is 0.666. The topological polar surface area (TPSA) is 0 Å². The molecule has 4 aliphatic carbocycles. The van der Waals surface area contributed by atoms with E-state index in [0.29, 0.717) is 4.75 Å². The minimum atomic E-state index is -0.519. The van der Waals surface area contributed by atoms with Crippen LogP contribution in [-0.4, -0.2) is 22.0 Å². The van der Waals surface area contributed by atoms with Gasteiger partial charge in [0.25, 0.3) is 0 Å². The van der Waals surface area contributed by atoms with Gasteiger partial charge in [0.2, 0.25) is 0 Å². The lowest BCUT2D eigenvalue weighted by molar-refractivity contribution is 0.00110. The van der Waals surface area contributed by atoms with Crippen LogP contribution < -0.4 is 0 Å². The largest absolute Gasteiger partial charge is 0.236 e. The van der Waals surface area contributed by atoms with Gasteiger partial charge in [-0.15, -0.1) is 0 Å². The summed E-state index contributed by atoms with van der Waals surface area (Å²) in [5.74, 6) is 3.42. The van der Waals surface area contributed by atoms with E-state index < -0.39 is 10.0 Å². The molecule has 4 fully saturated rings. The third-order valence-corrected chi connectivity index (χ3v) is 14.4. The van der Waals surface area contributed by atoms with Gasteiger partial charge in [-0.25, -0.2) is 10.0 Å². The molecule has 4 rings (SSSR count). The first kappa shape index (κ1) is 13.0. The van der Waals surface area contributed by atoms with Gasteiger partial charge in [-0.1, -0.05) is 20.8 Å². The van der Waals surface area contributed by atoms with Crippen molar-refractivity contribution < 1.29 is 0 Å². The maximum Gasteiger partial charge on any atom is 0.00131 e. The third kappa shape index (κ3) is 1.26. The van der Waals surface area contributed by atoms with Crippen molar-refractivity contribution in [2.24, 2.45) is 23.2 Å². The Bertz CT molecular complexity index is 419. The molecule has 1 spiro atoms. The van der Waals surface area contributed by atoms with Gasteiger partial charge in [0.05, 0.1) is 0 Å². The molecule has 3 bridgehead atoms. The Labute approximate surface area is 121 Å². The average molecular weight is 281 g/mol. The summed E-state index contributed by atoms with van der Waals surface area (Å²) in [5, 5.41) is 0. The van der Waals surface area contributed by atoms with Crippen LogP contribution in [0.2, 0.25) is 0 Å². The van der Waals surface area contributed by atoms with E-state index in [1.165, 1.54) is 6.42 Å². The number of hydrogen-bond acceptors (Lipinski definition) is 0. The van der Waals surface area contributed by atoms with Crippen molar-refractivity contribution in [2.45, 2.75) is 75.2 Å². The van der Waals surface area contributed by atoms with Crippen LogP contribution in [0.5, 0.6) is 0 Å². The Balaban J connectivity index is 1.76. The number of rotatable bonds is 3. The molecule has 4 saturated carbocycles. The van der Waals surface area contributed by atoms with E-state index in [0.717, 1.165) is 27.9 Å². The molecule has 0 saturated heterocycles. The molecule has 110 valence electrons. The maximum absolute atomic E-state index is 2.71. The first-order valence-electron chi connectivity index (χ1n) is 8.49. The zero-order valence-corrected chi connectivity index (χ0v) is 14.4. The van der Waals surface area contributed by atoms with Crippen molar-refractivity contribution in [2.75, 3.05) is 12.5 Å². The molecule has 19 heavy (non-hydrogen) atoms. The summed E-state index contributed by atoms with van der Waals surface area (Å²) in [6, 6.07) is 0. The third-order valence-electron chi connectivity index (χ3n) is 8.73. The molecule has 5 atom stereocenters. The smallest absolute Gasteiger partial charge is 0.00131 e. The van der Waals surface area contributed by atoms with Crippen LogP contribution in [0, 0.1) is 23.2 Å². The van der Waals surface area contributed by atoms with Crippen LogP contribution in [0.25, 0.3) is 0 Å². The first-order chi connectivity index (χ1) is 8.76. The molecule has 0 aromatic carbocycles. The van der Waals surface area contributed by atoms with E-state index in [4.69, 9.17) is 0 Å². The molecule has 0 aromatic heterocycles. The SMILES string of the molecule is CCC(C)(C)S(C)(C)C12CC3CC4CC(C1)C4(C3)C2. The highest BCUT2D eigenvalue weighted by Gasteiger charge is 2.73. The minimum Gasteiger partial charge on any atom is -0.236 e. The van der Waals surface area contributed by atoms with E-state index in [1.54, 1.807) is 38.5 Å². The molecular weight excluding hydrogens is 248 g/mol. The van der Waals surface area contributed by atoms with Gasteiger partial charge in [0.15, 0.2) is 0 Å². The highest BCUT2D eigenvalue weighted by atomic mass is 32.3. The monoisotopic (exact) mass is 280 g/mol. The molecular formula is C18H32S. The Morgan fingerprint density at radius 2 is 1.79 bits per heavy atom. The van der Waals surface area contributed by atoms with Gasteiger partial charge in [-0.05, 0) is 85.4 Å². The van der Waals surface area contributed by atoms with Crippen molar-refractivity contribution in [3.05, 3.63) is 0 Å². The summed E-state index contributed by atoms with van der Waals surface area (Å²) >= 11 is 0. The van der Waals surface area contributed by atoms with Gasteiger partial charge in [-0.3, -0.25) is 0 Å². The highest BCUT2D eigenvalue weighted by Crippen LogP contribution is 2.84. The van der Waals surface area contributed by atoms with Crippen molar-refractivity contribution >= 4 is 10.0 Å². The van der Waals surface area contributed by atoms with Crippen molar-refractivity contribution in [1.82, 2.24) is 0 Å². The molecule has 0 aromatic rings. The summed E-state index contributed by atoms with van der Waals surface area (Å²) < 4.78 is 1.34. The van der Waals surface area contributed by atoms with Crippen molar-refractivity contribution in [3.63, 3.8) is 0 Å². The summed E-state index contributed by atoms with van der Waals surface area (Å²) in [4.78, 5) is 0. The molecule has 0 amide bonds. The van der Waals surface area contributed by atoms with Gasteiger partial charge in [0, 0.05) is 4.75 Å². The van der Waals surface area contributed by atoms with Crippen LogP contribution in [0.1, 0.15) is 65.7 Å². The van der Waals surface area contributed by atoms with Crippen LogP contribution in [0.3, 0.4) is 0 Å². The summed E-state index contributed by atoms with van der Waals surface area (Å²) in [6.45, 7) is 7.57. The van der Waals surface area contributed by atoms with E-state index >= 15 is 0 Å². The van der Waals surface area contributed by atoms with E-state index in [1.807, 2.05) is 0 Å². The fraction of sp³-hybridized carbons (Fsp3) is 1.00.